The summed E-state index contributed by atoms with van der Waals surface area (Å²) in [4.78, 5) is 14.2. The number of carbonyl (C=O) groups excluding carboxylic acids is 1. The number of β-amino-alcohol motifs (C(OH)–C–C–N with tert-alkyl or cyclic N) is 1. The predicted molar refractivity (Wildman–Crippen MR) is 144 cm³/mol. The fourth-order valence-electron chi connectivity index (χ4n) is 4.68. The first-order valence-corrected chi connectivity index (χ1v) is 13.0. The maximum atomic E-state index is 11.8. The molecule has 0 aromatic heterocycles. The normalized spacial score (nSPS) is 17.9. The number of nitrogens with zero attached hydrogens (tertiary/aromatic N) is 1. The fraction of sp³-hybridized carbons (Fsp3) is 0.483. The number of aliphatic hydroxyl groups is 1. The summed E-state index contributed by atoms with van der Waals surface area (Å²) in [6.07, 6.45) is 5.31. The molecule has 2 aromatic carbocycles. The third kappa shape index (κ3) is 7.81. The first-order valence-electron chi connectivity index (χ1n) is 12.6. The third-order valence-corrected chi connectivity index (χ3v) is 7.03. The summed E-state index contributed by atoms with van der Waals surface area (Å²) < 4.78 is 16.6. The molecule has 0 aliphatic carbocycles. The molecular weight excluding hydrogens is 478 g/mol. The van der Waals surface area contributed by atoms with Gasteiger partial charge in [-0.05, 0) is 81.5 Å². The van der Waals surface area contributed by atoms with Crippen LogP contribution in [0.25, 0.3) is 6.08 Å². The molecule has 196 valence electrons. The van der Waals surface area contributed by atoms with Crippen LogP contribution in [-0.2, 0) is 20.7 Å². The van der Waals surface area contributed by atoms with Crippen molar-refractivity contribution in [2.75, 3.05) is 33.4 Å². The largest absolute Gasteiger partial charge is 0.496 e. The van der Waals surface area contributed by atoms with Crippen LogP contribution in [-0.4, -0.2) is 61.5 Å². The summed E-state index contributed by atoms with van der Waals surface area (Å²) in [5, 5.41) is 11.6. The zero-order valence-corrected chi connectivity index (χ0v) is 22.5. The minimum Gasteiger partial charge on any atom is -0.496 e. The number of aliphatic hydroxyl groups excluding tert-OH is 1. The average molecular weight is 516 g/mol. The van der Waals surface area contributed by atoms with Crippen LogP contribution in [0.1, 0.15) is 55.0 Å². The van der Waals surface area contributed by atoms with Crippen molar-refractivity contribution in [1.29, 1.82) is 0 Å². The lowest BCUT2D eigenvalue weighted by atomic mass is 10.0. The van der Waals surface area contributed by atoms with Crippen LogP contribution in [0.15, 0.2) is 42.5 Å². The average Bonchev–Trinajstić information content (AvgIpc) is 3.29. The summed E-state index contributed by atoms with van der Waals surface area (Å²) in [5.74, 6) is 0.228. The molecule has 3 rings (SSSR count). The van der Waals surface area contributed by atoms with Gasteiger partial charge in [-0.15, -0.1) is 0 Å². The maximum Gasteiger partial charge on any atom is 0.330 e. The number of hydrogen-bond acceptors (Lipinski definition) is 6. The van der Waals surface area contributed by atoms with Gasteiger partial charge in [0.2, 0.25) is 0 Å². The number of halogens is 1. The van der Waals surface area contributed by atoms with E-state index < -0.39 is 12.1 Å². The molecule has 2 aromatic rings. The lowest BCUT2D eigenvalue weighted by Crippen LogP contribution is -2.39. The molecule has 1 fully saturated rings. The predicted octanol–water partition coefficient (Wildman–Crippen LogP) is 5.38. The van der Waals surface area contributed by atoms with Crippen LogP contribution in [0.3, 0.4) is 0 Å². The Kier molecular flexibility index (Phi) is 10.8. The Hall–Kier alpha value is -2.38. The van der Waals surface area contributed by atoms with Crippen LogP contribution < -0.4 is 4.74 Å². The van der Waals surface area contributed by atoms with Gasteiger partial charge in [0, 0.05) is 29.2 Å². The molecule has 6 nitrogen and oxygen atoms in total. The van der Waals surface area contributed by atoms with Crippen molar-refractivity contribution in [3.05, 3.63) is 69.8 Å². The van der Waals surface area contributed by atoms with E-state index in [9.17, 15) is 9.90 Å². The molecule has 0 spiro atoms. The molecule has 0 radical (unpaired) electrons. The highest BCUT2D eigenvalue weighted by Gasteiger charge is 2.27. The van der Waals surface area contributed by atoms with Crippen molar-refractivity contribution in [1.82, 2.24) is 4.90 Å². The van der Waals surface area contributed by atoms with Crippen molar-refractivity contribution >= 4 is 23.6 Å². The molecular formula is C29H38ClNO5. The van der Waals surface area contributed by atoms with Crippen molar-refractivity contribution in [3.8, 4) is 5.75 Å². The lowest BCUT2D eigenvalue weighted by molar-refractivity contribution is -0.137. The molecule has 7 heteroatoms. The van der Waals surface area contributed by atoms with Crippen LogP contribution in [0.5, 0.6) is 5.75 Å². The van der Waals surface area contributed by atoms with Crippen molar-refractivity contribution in [2.24, 2.45) is 0 Å². The van der Waals surface area contributed by atoms with E-state index in [-0.39, 0.29) is 12.7 Å². The molecule has 1 aliphatic rings. The number of benzene rings is 2. The monoisotopic (exact) mass is 515 g/mol. The second kappa shape index (κ2) is 13.8. The molecule has 1 heterocycles. The molecule has 36 heavy (non-hydrogen) atoms. The molecule has 0 amide bonds. The van der Waals surface area contributed by atoms with Gasteiger partial charge in [-0.1, -0.05) is 35.9 Å². The van der Waals surface area contributed by atoms with E-state index >= 15 is 0 Å². The summed E-state index contributed by atoms with van der Waals surface area (Å²) >= 11 is 6.32. The third-order valence-electron chi connectivity index (χ3n) is 6.62. The summed E-state index contributed by atoms with van der Waals surface area (Å²) in [6.45, 7) is 7.76. The van der Waals surface area contributed by atoms with Gasteiger partial charge in [0.05, 0.1) is 32.5 Å². The minimum absolute atomic E-state index is 0.207. The van der Waals surface area contributed by atoms with Gasteiger partial charge in [0.25, 0.3) is 0 Å². The highest BCUT2D eigenvalue weighted by Crippen LogP contribution is 2.30. The number of esters is 1. The molecule has 3 atom stereocenters. The zero-order valence-electron chi connectivity index (χ0n) is 21.7. The van der Waals surface area contributed by atoms with Crippen molar-refractivity contribution in [2.45, 2.75) is 58.3 Å². The lowest BCUT2D eigenvalue weighted by Gasteiger charge is -2.28. The topological polar surface area (TPSA) is 68.2 Å². The number of carbonyl (C=O) groups is 1. The molecule has 0 unspecified atom stereocenters. The molecule has 1 saturated heterocycles. The van der Waals surface area contributed by atoms with Crippen LogP contribution in [0.4, 0.5) is 0 Å². The molecule has 1 N–H and O–H groups in total. The molecule has 0 bridgehead atoms. The smallest absolute Gasteiger partial charge is 0.330 e. The van der Waals surface area contributed by atoms with E-state index in [0.717, 1.165) is 47.5 Å². The number of likely N-dealkylation sites (tertiary alicyclic amines) is 1. The Labute approximate surface area is 219 Å². The standard InChI is InChI=1S/C29H38ClNO5/c1-5-35-29(33)14-13-26-25(9-6-10-28(26)34-4)21(3)36-19-24(32)18-31-15-7-8-23(31)16-22-12-11-20(2)27(30)17-22/h6,9-14,17,21,23-24,32H,5,7-8,15-16,18-19H2,1-4H3/t21-,23+,24-/m1/s1. The van der Waals surface area contributed by atoms with Crippen LogP contribution in [0.2, 0.25) is 5.02 Å². The van der Waals surface area contributed by atoms with E-state index in [4.69, 9.17) is 25.8 Å². The Bertz CT molecular complexity index is 1040. The Morgan fingerprint density at radius 3 is 2.83 bits per heavy atom. The van der Waals surface area contributed by atoms with Crippen molar-refractivity contribution in [3.63, 3.8) is 0 Å². The fourth-order valence-corrected chi connectivity index (χ4v) is 4.89. The van der Waals surface area contributed by atoms with Gasteiger partial charge in [-0.25, -0.2) is 4.79 Å². The van der Waals surface area contributed by atoms with E-state index in [1.165, 1.54) is 11.6 Å². The Balaban J connectivity index is 1.59. The van der Waals surface area contributed by atoms with Crippen LogP contribution >= 0.6 is 11.6 Å². The number of rotatable bonds is 12. The number of ether oxygens (including phenoxy) is 3. The quantitative estimate of drug-likeness (QED) is 0.302. The molecule has 0 saturated carbocycles. The summed E-state index contributed by atoms with van der Waals surface area (Å²) in [6, 6.07) is 12.3. The summed E-state index contributed by atoms with van der Waals surface area (Å²) in [5.41, 5.74) is 3.94. The van der Waals surface area contributed by atoms with Gasteiger partial charge in [0.15, 0.2) is 0 Å². The van der Waals surface area contributed by atoms with Gasteiger partial charge in [-0.3, -0.25) is 4.90 Å². The van der Waals surface area contributed by atoms with E-state index in [0.29, 0.717) is 24.9 Å². The Morgan fingerprint density at radius 1 is 1.31 bits per heavy atom. The van der Waals surface area contributed by atoms with E-state index in [2.05, 4.69) is 23.1 Å². The van der Waals surface area contributed by atoms with E-state index in [1.54, 1.807) is 20.1 Å². The second-order valence-electron chi connectivity index (χ2n) is 9.26. The van der Waals surface area contributed by atoms with Gasteiger partial charge < -0.3 is 19.3 Å². The highest BCUT2D eigenvalue weighted by atomic mass is 35.5. The second-order valence-corrected chi connectivity index (χ2v) is 9.66. The van der Waals surface area contributed by atoms with Gasteiger partial charge >= 0.3 is 5.97 Å². The van der Waals surface area contributed by atoms with E-state index in [1.807, 2.05) is 32.0 Å². The number of aryl methyl sites for hydroxylation is 1. The SMILES string of the molecule is CCOC(=O)C=Cc1c(OC)cccc1[C@@H](C)OC[C@H](O)CN1CCC[C@H]1Cc1ccc(C)c(Cl)c1. The summed E-state index contributed by atoms with van der Waals surface area (Å²) in [7, 11) is 1.59. The minimum atomic E-state index is -0.612. The first kappa shape index (κ1) is 28.2. The Morgan fingerprint density at radius 2 is 2.11 bits per heavy atom. The van der Waals surface area contributed by atoms with Crippen molar-refractivity contribution < 1.29 is 24.1 Å². The van der Waals surface area contributed by atoms with Gasteiger partial charge in [-0.2, -0.15) is 0 Å². The molecule has 1 aliphatic heterocycles. The maximum absolute atomic E-state index is 11.8. The number of hydrogen-bond donors (Lipinski definition) is 1. The zero-order chi connectivity index (χ0) is 26.1. The first-order chi connectivity index (χ1) is 17.3. The van der Waals surface area contributed by atoms with Crippen LogP contribution in [0, 0.1) is 6.92 Å². The number of methoxy groups -OCH3 is 1. The van der Waals surface area contributed by atoms with Gasteiger partial charge in [0.1, 0.15) is 5.75 Å². The highest BCUT2D eigenvalue weighted by molar-refractivity contribution is 6.31.